The fourth-order valence-electron chi connectivity index (χ4n) is 3.67. The lowest BCUT2D eigenvalue weighted by molar-refractivity contribution is 0.310. The van der Waals surface area contributed by atoms with Crippen LogP contribution in [-0.2, 0) is 0 Å². The van der Waals surface area contributed by atoms with E-state index in [4.69, 9.17) is 0 Å². The first-order chi connectivity index (χ1) is 10.8. The second-order valence-electron chi connectivity index (χ2n) is 7.97. The highest BCUT2D eigenvalue weighted by Gasteiger charge is 2.23. The van der Waals surface area contributed by atoms with Crippen molar-refractivity contribution < 1.29 is 0 Å². The molecule has 0 saturated heterocycles. The molecule has 1 aliphatic heterocycles. The second kappa shape index (κ2) is 6.01. The van der Waals surface area contributed by atoms with Crippen molar-refractivity contribution >= 4 is 22.5 Å². The highest BCUT2D eigenvalue weighted by Crippen LogP contribution is 2.33. The molecule has 2 aromatic carbocycles. The zero-order chi connectivity index (χ0) is 16.6. The van der Waals surface area contributed by atoms with Gasteiger partial charge in [0.25, 0.3) is 0 Å². The van der Waals surface area contributed by atoms with Crippen molar-refractivity contribution in [2.24, 2.45) is 5.41 Å². The SMILES string of the molecule is C[C@H](CC(C)(C)C)NC1C=Cc2c(ccc3ccccc23)N1C. The highest BCUT2D eigenvalue weighted by atomic mass is 15.3. The van der Waals surface area contributed by atoms with Crippen molar-refractivity contribution in [3.05, 3.63) is 48.0 Å². The van der Waals surface area contributed by atoms with E-state index in [1.807, 2.05) is 0 Å². The van der Waals surface area contributed by atoms with Crippen molar-refractivity contribution in [3.63, 3.8) is 0 Å². The average Bonchev–Trinajstić information content (AvgIpc) is 2.48. The molecule has 1 unspecified atom stereocenters. The van der Waals surface area contributed by atoms with Gasteiger partial charge in [0, 0.05) is 24.3 Å². The zero-order valence-electron chi connectivity index (χ0n) is 14.9. The molecule has 2 atom stereocenters. The molecule has 1 N–H and O–H groups in total. The summed E-state index contributed by atoms with van der Waals surface area (Å²) in [5.74, 6) is 0. The Bertz CT molecular complexity index is 724. The summed E-state index contributed by atoms with van der Waals surface area (Å²) in [5, 5.41) is 6.38. The van der Waals surface area contributed by atoms with Crippen LogP contribution in [0.4, 0.5) is 5.69 Å². The van der Waals surface area contributed by atoms with Gasteiger partial charge in [0.15, 0.2) is 0 Å². The lowest BCUT2D eigenvalue weighted by atomic mass is 9.88. The lowest BCUT2D eigenvalue weighted by Crippen LogP contribution is -2.48. The largest absolute Gasteiger partial charge is 0.355 e. The van der Waals surface area contributed by atoms with E-state index in [1.54, 1.807) is 0 Å². The molecule has 0 fully saturated rings. The first-order valence-electron chi connectivity index (χ1n) is 8.54. The van der Waals surface area contributed by atoms with Crippen LogP contribution in [0.2, 0.25) is 0 Å². The predicted octanol–water partition coefficient (Wildman–Crippen LogP) is 5.04. The van der Waals surface area contributed by atoms with Crippen LogP contribution in [0.5, 0.6) is 0 Å². The minimum atomic E-state index is 0.251. The van der Waals surface area contributed by atoms with Crippen molar-refractivity contribution in [2.75, 3.05) is 11.9 Å². The Hall–Kier alpha value is -1.80. The molecule has 23 heavy (non-hydrogen) atoms. The normalized spacial score (nSPS) is 19.0. The third-order valence-corrected chi connectivity index (χ3v) is 4.56. The Labute approximate surface area is 140 Å². The fourth-order valence-corrected chi connectivity index (χ4v) is 3.67. The molecule has 0 spiro atoms. The van der Waals surface area contributed by atoms with Gasteiger partial charge in [-0.2, -0.15) is 0 Å². The first kappa shape index (κ1) is 16.1. The number of nitrogens with zero attached hydrogens (tertiary/aromatic N) is 1. The minimum absolute atomic E-state index is 0.251. The van der Waals surface area contributed by atoms with E-state index in [2.05, 4.69) is 93.5 Å². The molecule has 1 heterocycles. The Kier molecular flexibility index (Phi) is 4.20. The summed E-state index contributed by atoms with van der Waals surface area (Å²) in [5.41, 5.74) is 2.97. The number of hydrogen-bond donors (Lipinski definition) is 1. The summed E-state index contributed by atoms with van der Waals surface area (Å²) in [4.78, 5) is 2.35. The molecule has 2 aromatic rings. The molecule has 0 saturated carbocycles. The average molecular weight is 308 g/mol. The molecular formula is C21H28N2. The summed E-state index contributed by atoms with van der Waals surface area (Å²) in [6.07, 6.45) is 5.98. The summed E-state index contributed by atoms with van der Waals surface area (Å²) in [6.45, 7) is 9.18. The van der Waals surface area contributed by atoms with Crippen LogP contribution < -0.4 is 10.2 Å². The van der Waals surface area contributed by atoms with Crippen LogP contribution in [0.3, 0.4) is 0 Å². The topological polar surface area (TPSA) is 15.3 Å². The molecule has 0 amide bonds. The van der Waals surface area contributed by atoms with Crippen LogP contribution in [-0.4, -0.2) is 19.3 Å². The quantitative estimate of drug-likeness (QED) is 0.854. The number of benzene rings is 2. The van der Waals surface area contributed by atoms with Gasteiger partial charge in [-0.25, -0.2) is 0 Å². The van der Waals surface area contributed by atoms with Gasteiger partial charge in [0.1, 0.15) is 0 Å². The van der Waals surface area contributed by atoms with E-state index in [1.165, 1.54) is 22.0 Å². The third kappa shape index (κ3) is 3.42. The van der Waals surface area contributed by atoms with E-state index in [0.29, 0.717) is 11.5 Å². The number of hydrogen-bond acceptors (Lipinski definition) is 2. The molecule has 1 aliphatic rings. The summed E-state index contributed by atoms with van der Waals surface area (Å²) in [6, 6.07) is 13.6. The van der Waals surface area contributed by atoms with Gasteiger partial charge < -0.3 is 4.90 Å². The third-order valence-electron chi connectivity index (χ3n) is 4.56. The van der Waals surface area contributed by atoms with Gasteiger partial charge in [0.05, 0.1) is 6.17 Å². The lowest BCUT2D eigenvalue weighted by Gasteiger charge is -2.36. The molecule has 0 aromatic heterocycles. The fraction of sp³-hybridized carbons (Fsp3) is 0.429. The summed E-state index contributed by atoms with van der Waals surface area (Å²) in [7, 11) is 2.18. The van der Waals surface area contributed by atoms with Crippen LogP contribution in [0.1, 0.15) is 39.7 Å². The van der Waals surface area contributed by atoms with Gasteiger partial charge in [-0.15, -0.1) is 0 Å². The smallest absolute Gasteiger partial charge is 0.0989 e. The Morgan fingerprint density at radius 1 is 1.13 bits per heavy atom. The van der Waals surface area contributed by atoms with Gasteiger partial charge in [0.2, 0.25) is 0 Å². The summed E-state index contributed by atoms with van der Waals surface area (Å²) >= 11 is 0. The summed E-state index contributed by atoms with van der Waals surface area (Å²) < 4.78 is 0. The maximum absolute atomic E-state index is 3.75. The van der Waals surface area contributed by atoms with E-state index in [9.17, 15) is 0 Å². The highest BCUT2D eigenvalue weighted by molar-refractivity contribution is 5.97. The van der Waals surface area contributed by atoms with E-state index >= 15 is 0 Å². The van der Waals surface area contributed by atoms with Crippen molar-refractivity contribution in [2.45, 2.75) is 46.3 Å². The molecular weight excluding hydrogens is 280 g/mol. The minimum Gasteiger partial charge on any atom is -0.355 e. The van der Waals surface area contributed by atoms with Crippen molar-refractivity contribution in [3.8, 4) is 0 Å². The van der Waals surface area contributed by atoms with Gasteiger partial charge >= 0.3 is 0 Å². The zero-order valence-corrected chi connectivity index (χ0v) is 14.9. The monoisotopic (exact) mass is 308 g/mol. The van der Waals surface area contributed by atoms with Gasteiger partial charge in [-0.1, -0.05) is 57.2 Å². The van der Waals surface area contributed by atoms with E-state index in [-0.39, 0.29) is 6.17 Å². The van der Waals surface area contributed by atoms with Crippen LogP contribution in [0.25, 0.3) is 16.8 Å². The van der Waals surface area contributed by atoms with Crippen LogP contribution in [0, 0.1) is 5.41 Å². The number of likely N-dealkylation sites (N-methyl/N-ethyl adjacent to an activating group) is 1. The first-order valence-corrected chi connectivity index (χ1v) is 8.54. The number of nitrogens with one attached hydrogen (secondary N) is 1. The van der Waals surface area contributed by atoms with Gasteiger partial charge in [-0.05, 0) is 41.7 Å². The molecule has 0 bridgehead atoms. The number of fused-ring (bicyclic) bond motifs is 3. The predicted molar refractivity (Wildman–Crippen MR) is 102 cm³/mol. The standard InChI is InChI=1S/C21H28N2/c1-15(14-21(2,3)4)22-20-13-11-18-17-9-7-6-8-16(17)10-12-19(18)23(20)5/h6-13,15,20,22H,14H2,1-5H3/t15-,20?/m1/s1. The van der Waals surface area contributed by atoms with Crippen LogP contribution in [0.15, 0.2) is 42.5 Å². The maximum atomic E-state index is 3.75. The Balaban J connectivity index is 1.85. The molecule has 2 nitrogen and oxygen atoms in total. The van der Waals surface area contributed by atoms with Crippen molar-refractivity contribution in [1.82, 2.24) is 5.32 Å². The Morgan fingerprint density at radius 3 is 2.61 bits per heavy atom. The maximum Gasteiger partial charge on any atom is 0.0989 e. The molecule has 3 rings (SSSR count). The van der Waals surface area contributed by atoms with E-state index in [0.717, 1.165) is 6.42 Å². The van der Waals surface area contributed by atoms with Crippen LogP contribution >= 0.6 is 0 Å². The van der Waals surface area contributed by atoms with Gasteiger partial charge in [-0.3, -0.25) is 5.32 Å². The molecule has 122 valence electrons. The Morgan fingerprint density at radius 2 is 1.87 bits per heavy atom. The molecule has 0 radical (unpaired) electrons. The number of anilines is 1. The number of rotatable bonds is 3. The molecule has 0 aliphatic carbocycles. The second-order valence-corrected chi connectivity index (χ2v) is 7.97. The van der Waals surface area contributed by atoms with Crippen molar-refractivity contribution in [1.29, 1.82) is 0 Å². The molecule has 2 heteroatoms. The van der Waals surface area contributed by atoms with E-state index < -0.39 is 0 Å².